The molecule has 3 heterocycles. The summed E-state index contributed by atoms with van der Waals surface area (Å²) < 4.78 is 24.2. The van der Waals surface area contributed by atoms with Crippen LogP contribution in [0.25, 0.3) is 22.2 Å². The highest BCUT2D eigenvalue weighted by atomic mass is 16.1. The lowest BCUT2D eigenvalue weighted by molar-refractivity contribution is 0.102. The molecule has 27 heavy (non-hydrogen) atoms. The number of carbonyl (C=O) groups excluding carboxylic acids is 1. The summed E-state index contributed by atoms with van der Waals surface area (Å²) >= 11 is 0. The highest BCUT2D eigenvalue weighted by molar-refractivity contribution is 6.04. The van der Waals surface area contributed by atoms with Crippen LogP contribution < -0.4 is 5.32 Å². The number of aromatic nitrogens is 4. The molecule has 134 valence electrons. The van der Waals surface area contributed by atoms with Gasteiger partial charge in [0.2, 0.25) is 0 Å². The van der Waals surface area contributed by atoms with Crippen molar-refractivity contribution >= 4 is 22.5 Å². The summed E-state index contributed by atoms with van der Waals surface area (Å²) in [6, 6.07) is 9.55. The van der Waals surface area contributed by atoms with Crippen molar-refractivity contribution in [2.24, 2.45) is 7.05 Å². The largest absolute Gasteiger partial charge is 0.330 e. The summed E-state index contributed by atoms with van der Waals surface area (Å²) in [6.07, 6.45) is 5.16. The van der Waals surface area contributed by atoms with E-state index in [1.807, 2.05) is 24.6 Å². The molecule has 1 aromatic carbocycles. The second-order valence-corrected chi connectivity index (χ2v) is 6.27. The minimum Gasteiger partial charge on any atom is -0.330 e. The van der Waals surface area contributed by atoms with Gasteiger partial charge in [-0.05, 0) is 43.4 Å². The van der Waals surface area contributed by atoms with E-state index in [2.05, 4.69) is 20.3 Å². The lowest BCUT2D eigenvalue weighted by Gasteiger charge is -2.08. The Labute approximate surface area is 161 Å². The van der Waals surface area contributed by atoms with E-state index in [1.165, 1.54) is 24.3 Å². The molecule has 0 unspecified atom stereocenters. The number of pyridine rings is 2. The third-order valence-corrected chi connectivity index (χ3v) is 4.47. The SMILES string of the molecule is [2H]C([2H])([2H])c1ccc(C(=O)Nc2cc3cc(-c4cnc(C)n4C)ncc3cn2)cc1. The number of amides is 1. The first-order valence-electron chi connectivity index (χ1n) is 9.89. The Hall–Kier alpha value is -3.54. The van der Waals surface area contributed by atoms with Crippen LogP contribution in [0, 0.1) is 13.8 Å². The molecular formula is C21H19N5O. The predicted octanol–water partition coefficient (Wildman–Crippen LogP) is 3.90. The average molecular weight is 360 g/mol. The summed E-state index contributed by atoms with van der Waals surface area (Å²) in [4.78, 5) is 25.6. The van der Waals surface area contributed by atoms with Crippen LogP contribution in [0.1, 0.15) is 25.9 Å². The molecule has 0 fully saturated rings. The van der Waals surface area contributed by atoms with Gasteiger partial charge in [-0.25, -0.2) is 9.97 Å². The number of nitrogens with one attached hydrogen (secondary N) is 1. The summed E-state index contributed by atoms with van der Waals surface area (Å²) in [5, 5.41) is 4.48. The maximum absolute atomic E-state index is 12.5. The molecule has 0 saturated carbocycles. The molecule has 0 aliphatic rings. The number of hydrogen-bond donors (Lipinski definition) is 1. The fourth-order valence-corrected chi connectivity index (χ4v) is 2.80. The zero-order valence-corrected chi connectivity index (χ0v) is 14.9. The van der Waals surface area contributed by atoms with E-state index in [1.54, 1.807) is 24.7 Å². The van der Waals surface area contributed by atoms with Crippen molar-refractivity contribution < 1.29 is 8.91 Å². The van der Waals surface area contributed by atoms with Gasteiger partial charge in [0.15, 0.2) is 0 Å². The fraction of sp³-hybridized carbons (Fsp3) is 0.143. The van der Waals surface area contributed by atoms with Crippen molar-refractivity contribution in [3.63, 3.8) is 0 Å². The molecule has 3 aromatic heterocycles. The van der Waals surface area contributed by atoms with Crippen molar-refractivity contribution in [1.82, 2.24) is 19.5 Å². The number of anilines is 1. The molecular weight excluding hydrogens is 338 g/mol. The van der Waals surface area contributed by atoms with E-state index < -0.39 is 6.85 Å². The molecule has 0 aliphatic carbocycles. The molecule has 0 bridgehead atoms. The van der Waals surface area contributed by atoms with Gasteiger partial charge < -0.3 is 9.88 Å². The van der Waals surface area contributed by atoms with Crippen molar-refractivity contribution in [2.75, 3.05) is 5.32 Å². The number of benzene rings is 1. The quantitative estimate of drug-likeness (QED) is 0.601. The second kappa shape index (κ2) is 6.64. The number of carbonyl (C=O) groups is 1. The van der Waals surface area contributed by atoms with Gasteiger partial charge in [0, 0.05) is 34.5 Å². The number of nitrogens with zero attached hydrogens (tertiary/aromatic N) is 4. The molecule has 4 rings (SSSR count). The highest BCUT2D eigenvalue weighted by Gasteiger charge is 2.10. The van der Waals surface area contributed by atoms with E-state index in [9.17, 15) is 4.79 Å². The Morgan fingerprint density at radius 3 is 2.52 bits per heavy atom. The van der Waals surface area contributed by atoms with Gasteiger partial charge in [-0.2, -0.15) is 0 Å². The van der Waals surface area contributed by atoms with Crippen LogP contribution in [-0.4, -0.2) is 25.4 Å². The molecule has 0 aliphatic heterocycles. The number of aryl methyl sites for hydroxylation is 2. The zero-order valence-electron chi connectivity index (χ0n) is 17.9. The van der Waals surface area contributed by atoms with Crippen LogP contribution in [0.5, 0.6) is 0 Å². The third kappa shape index (κ3) is 3.29. The Morgan fingerprint density at radius 2 is 1.81 bits per heavy atom. The second-order valence-electron chi connectivity index (χ2n) is 6.27. The molecule has 0 atom stereocenters. The standard InChI is InChI=1S/C21H19N5O/c1-13-4-6-15(7-5-13)21(27)25-20-9-16-8-18(23-10-17(16)11-24-20)19-12-22-14(2)26(19)3/h4-12H,1-3H3,(H,24,25,27)/i1D3. The number of rotatable bonds is 3. The lowest BCUT2D eigenvalue weighted by Crippen LogP contribution is -2.12. The normalized spacial score (nSPS) is 13.0. The van der Waals surface area contributed by atoms with Crippen LogP contribution in [0.15, 0.2) is 55.0 Å². The van der Waals surface area contributed by atoms with Gasteiger partial charge in [-0.15, -0.1) is 0 Å². The summed E-state index contributed by atoms with van der Waals surface area (Å²) in [7, 11) is 1.93. The van der Waals surface area contributed by atoms with Crippen LogP contribution in [0.4, 0.5) is 5.82 Å². The predicted molar refractivity (Wildman–Crippen MR) is 106 cm³/mol. The maximum Gasteiger partial charge on any atom is 0.256 e. The van der Waals surface area contributed by atoms with Gasteiger partial charge >= 0.3 is 0 Å². The van der Waals surface area contributed by atoms with Crippen LogP contribution >= 0.6 is 0 Å². The van der Waals surface area contributed by atoms with Crippen molar-refractivity contribution in [3.05, 3.63) is 71.9 Å². The summed E-state index contributed by atoms with van der Waals surface area (Å²) in [5.74, 6) is 0.917. The van der Waals surface area contributed by atoms with Gasteiger partial charge in [0.1, 0.15) is 11.6 Å². The molecule has 6 heteroatoms. The molecule has 6 nitrogen and oxygen atoms in total. The van der Waals surface area contributed by atoms with Crippen LogP contribution in [-0.2, 0) is 7.05 Å². The Morgan fingerprint density at radius 1 is 1.04 bits per heavy atom. The number of hydrogen-bond acceptors (Lipinski definition) is 4. The number of imidazole rings is 1. The molecule has 4 aromatic rings. The molecule has 0 radical (unpaired) electrons. The van der Waals surface area contributed by atoms with Crippen LogP contribution in [0.3, 0.4) is 0 Å². The zero-order chi connectivity index (χ0) is 21.5. The van der Waals surface area contributed by atoms with E-state index in [0.717, 1.165) is 28.0 Å². The van der Waals surface area contributed by atoms with Crippen molar-refractivity contribution in [3.8, 4) is 11.4 Å². The Balaban J connectivity index is 1.60. The third-order valence-electron chi connectivity index (χ3n) is 4.47. The van der Waals surface area contributed by atoms with Crippen molar-refractivity contribution in [2.45, 2.75) is 13.8 Å². The average Bonchev–Trinajstić information content (AvgIpc) is 3.05. The first-order chi connectivity index (χ1) is 14.2. The van der Waals surface area contributed by atoms with Gasteiger partial charge in [0.25, 0.3) is 5.91 Å². The Kier molecular flexibility index (Phi) is 3.35. The topological polar surface area (TPSA) is 72.7 Å². The van der Waals surface area contributed by atoms with Crippen molar-refractivity contribution in [1.29, 1.82) is 0 Å². The molecule has 1 N–H and O–H groups in total. The first-order valence-corrected chi connectivity index (χ1v) is 8.39. The summed E-state index contributed by atoms with van der Waals surface area (Å²) in [6.45, 7) is -0.278. The van der Waals surface area contributed by atoms with Gasteiger partial charge in [0.05, 0.1) is 17.6 Å². The highest BCUT2D eigenvalue weighted by Crippen LogP contribution is 2.23. The van der Waals surface area contributed by atoms with E-state index >= 15 is 0 Å². The summed E-state index contributed by atoms with van der Waals surface area (Å²) in [5.41, 5.74) is 2.21. The molecule has 1 amide bonds. The van der Waals surface area contributed by atoms with E-state index in [0.29, 0.717) is 11.4 Å². The number of fused-ring (bicyclic) bond motifs is 1. The van der Waals surface area contributed by atoms with E-state index in [4.69, 9.17) is 4.11 Å². The smallest absolute Gasteiger partial charge is 0.256 e. The van der Waals surface area contributed by atoms with E-state index in [-0.39, 0.29) is 11.5 Å². The van der Waals surface area contributed by atoms with Gasteiger partial charge in [-0.3, -0.25) is 9.78 Å². The van der Waals surface area contributed by atoms with Gasteiger partial charge in [-0.1, -0.05) is 17.7 Å². The lowest BCUT2D eigenvalue weighted by atomic mass is 10.1. The maximum atomic E-state index is 12.5. The molecule has 0 spiro atoms. The minimum absolute atomic E-state index is 0.188. The molecule has 0 saturated heterocycles. The monoisotopic (exact) mass is 360 g/mol. The fourth-order valence-electron chi connectivity index (χ4n) is 2.80. The first kappa shape index (κ1) is 13.6. The minimum atomic E-state index is -2.20. The Bertz CT molecular complexity index is 1250. The van der Waals surface area contributed by atoms with Crippen LogP contribution in [0.2, 0.25) is 0 Å².